The highest BCUT2D eigenvalue weighted by molar-refractivity contribution is 5.71. The van der Waals surface area contributed by atoms with E-state index >= 15 is 0 Å². The van der Waals surface area contributed by atoms with Crippen LogP contribution in [0.25, 0.3) is 0 Å². The second-order valence-corrected chi connectivity index (χ2v) is 22.7. The normalized spacial score (nSPS) is 12.6. The lowest BCUT2D eigenvalue weighted by molar-refractivity contribution is -0.167. The SMILES string of the molecule is CC/C=C\C/C=C\C/C=C\C/C=C\C/C=C\CCCCCCCCCCCC(=O)OC(COC(=O)CCCCCCCCCCC)COC(=O)CCCCCCCCCCCCCCCCC/C=C\C/C=C\CCCCCCC. The lowest BCUT2D eigenvalue weighted by atomic mass is 10.0. The maximum atomic E-state index is 12.9. The lowest BCUT2D eigenvalue weighted by Gasteiger charge is -2.18. The summed E-state index contributed by atoms with van der Waals surface area (Å²) < 4.78 is 16.9. The van der Waals surface area contributed by atoms with E-state index < -0.39 is 6.10 Å². The topological polar surface area (TPSA) is 78.9 Å². The number of unbranched alkanes of at least 4 members (excludes halogenated alkanes) is 37. The van der Waals surface area contributed by atoms with E-state index in [9.17, 15) is 14.4 Å². The van der Waals surface area contributed by atoms with Gasteiger partial charge in [0.1, 0.15) is 13.2 Å². The van der Waals surface area contributed by atoms with Gasteiger partial charge in [0, 0.05) is 19.3 Å². The summed E-state index contributed by atoms with van der Waals surface area (Å²) in [6.07, 6.45) is 89.0. The molecule has 0 radical (unpaired) electrons. The molecule has 1 unspecified atom stereocenters. The molecule has 0 aromatic rings. The van der Waals surface area contributed by atoms with Crippen LogP contribution in [-0.4, -0.2) is 37.2 Å². The van der Waals surface area contributed by atoms with Crippen LogP contribution in [0.15, 0.2) is 85.1 Å². The Morgan fingerprint density at radius 1 is 0.266 bits per heavy atom. The summed E-state index contributed by atoms with van der Waals surface area (Å²) in [6.45, 7) is 6.53. The van der Waals surface area contributed by atoms with E-state index in [-0.39, 0.29) is 31.1 Å². The first-order valence-electron chi connectivity index (χ1n) is 34.1. The minimum absolute atomic E-state index is 0.0755. The molecule has 0 saturated carbocycles. The molecule has 0 aliphatic rings. The smallest absolute Gasteiger partial charge is 0.306 e. The first kappa shape index (κ1) is 75.6. The van der Waals surface area contributed by atoms with Gasteiger partial charge in [-0.25, -0.2) is 0 Å². The van der Waals surface area contributed by atoms with Crippen molar-refractivity contribution < 1.29 is 28.6 Å². The van der Waals surface area contributed by atoms with Gasteiger partial charge >= 0.3 is 17.9 Å². The van der Waals surface area contributed by atoms with Gasteiger partial charge in [-0.15, -0.1) is 0 Å². The largest absolute Gasteiger partial charge is 0.462 e. The molecular weight excluding hydrogens is 973 g/mol. The second-order valence-electron chi connectivity index (χ2n) is 22.7. The number of carbonyl (C=O) groups is 3. The van der Waals surface area contributed by atoms with E-state index in [1.165, 1.54) is 199 Å². The number of allylic oxidation sites excluding steroid dienone is 14. The van der Waals surface area contributed by atoms with Crippen molar-refractivity contribution >= 4 is 17.9 Å². The molecule has 0 fully saturated rings. The Hall–Kier alpha value is -3.41. The number of hydrogen-bond acceptors (Lipinski definition) is 6. The quantitative estimate of drug-likeness (QED) is 0.0261. The van der Waals surface area contributed by atoms with Gasteiger partial charge < -0.3 is 14.2 Å². The standard InChI is InChI=1S/C73H128O6/c1-4-7-10-13-16-19-21-23-25-27-29-31-33-35-36-38-39-41-43-45-47-49-51-54-57-60-63-66-72(75)78-69-70(68-77-71(74)65-62-59-56-53-18-15-12-9-6-3)79-73(76)67-64-61-58-55-52-50-48-46-44-42-40-37-34-32-30-28-26-24-22-20-17-14-11-8-5-2/h8,11,17,20-21,23-24,26-27,29-30,32,37,40,70H,4-7,9-10,12-16,18-19,22,25,28,31,33-36,38-39,41-69H2,1-3H3/b11-8-,20-17-,23-21-,26-24-,29-27-,32-30-,40-37-. The summed E-state index contributed by atoms with van der Waals surface area (Å²) >= 11 is 0. The molecule has 0 heterocycles. The summed E-state index contributed by atoms with van der Waals surface area (Å²) in [5.41, 5.74) is 0. The summed E-state index contributed by atoms with van der Waals surface area (Å²) in [6, 6.07) is 0. The van der Waals surface area contributed by atoms with Gasteiger partial charge in [-0.1, -0.05) is 311 Å². The van der Waals surface area contributed by atoms with Crippen molar-refractivity contribution in [3.05, 3.63) is 85.1 Å². The van der Waals surface area contributed by atoms with E-state index in [4.69, 9.17) is 14.2 Å². The zero-order valence-corrected chi connectivity index (χ0v) is 52.4. The van der Waals surface area contributed by atoms with Crippen molar-refractivity contribution in [1.82, 2.24) is 0 Å². The van der Waals surface area contributed by atoms with Crippen LogP contribution < -0.4 is 0 Å². The number of rotatable bonds is 62. The molecule has 0 bridgehead atoms. The summed E-state index contributed by atoms with van der Waals surface area (Å²) in [4.78, 5) is 38.3. The first-order valence-corrected chi connectivity index (χ1v) is 34.1. The second kappa shape index (κ2) is 67.1. The summed E-state index contributed by atoms with van der Waals surface area (Å²) in [7, 11) is 0. The van der Waals surface area contributed by atoms with Crippen LogP contribution in [0.5, 0.6) is 0 Å². The highest BCUT2D eigenvalue weighted by Crippen LogP contribution is 2.17. The minimum Gasteiger partial charge on any atom is -0.462 e. The molecule has 0 spiro atoms. The van der Waals surface area contributed by atoms with Crippen LogP contribution in [0.2, 0.25) is 0 Å². The fraction of sp³-hybridized carbons (Fsp3) is 0.767. The maximum Gasteiger partial charge on any atom is 0.306 e. The Kier molecular flexibility index (Phi) is 64.2. The molecule has 0 saturated heterocycles. The van der Waals surface area contributed by atoms with Gasteiger partial charge in [-0.3, -0.25) is 14.4 Å². The molecule has 0 aromatic heterocycles. The Morgan fingerprint density at radius 2 is 0.494 bits per heavy atom. The zero-order valence-electron chi connectivity index (χ0n) is 52.4. The van der Waals surface area contributed by atoms with Crippen molar-refractivity contribution in [3.63, 3.8) is 0 Å². The van der Waals surface area contributed by atoms with Crippen molar-refractivity contribution in [1.29, 1.82) is 0 Å². The Morgan fingerprint density at radius 3 is 0.772 bits per heavy atom. The lowest BCUT2D eigenvalue weighted by Crippen LogP contribution is -2.30. The Balaban J connectivity index is 4.18. The van der Waals surface area contributed by atoms with Gasteiger partial charge in [0.15, 0.2) is 6.10 Å². The molecule has 0 amide bonds. The van der Waals surface area contributed by atoms with Crippen molar-refractivity contribution in [2.75, 3.05) is 13.2 Å². The van der Waals surface area contributed by atoms with Gasteiger partial charge in [0.25, 0.3) is 0 Å². The third-order valence-corrected chi connectivity index (χ3v) is 14.9. The Labute approximate surface area is 490 Å². The van der Waals surface area contributed by atoms with Crippen LogP contribution in [-0.2, 0) is 28.6 Å². The molecule has 0 aromatic carbocycles. The Bertz CT molecular complexity index is 1500. The number of ether oxygens (including phenoxy) is 3. The summed E-state index contributed by atoms with van der Waals surface area (Å²) in [5, 5.41) is 0. The number of esters is 3. The first-order chi connectivity index (χ1) is 39.0. The highest BCUT2D eigenvalue weighted by Gasteiger charge is 2.19. The van der Waals surface area contributed by atoms with E-state index in [0.717, 1.165) is 103 Å². The average molecular weight is 1100 g/mol. The zero-order chi connectivity index (χ0) is 57.1. The molecule has 6 heteroatoms. The van der Waals surface area contributed by atoms with E-state index in [2.05, 4.69) is 106 Å². The molecule has 1 atom stereocenters. The minimum atomic E-state index is -0.778. The molecular formula is C73H128O6. The van der Waals surface area contributed by atoms with Crippen LogP contribution in [0.4, 0.5) is 0 Å². The van der Waals surface area contributed by atoms with Gasteiger partial charge in [-0.05, 0) is 96.3 Å². The summed E-state index contributed by atoms with van der Waals surface area (Å²) in [5.74, 6) is -0.869. The third-order valence-electron chi connectivity index (χ3n) is 14.9. The van der Waals surface area contributed by atoms with Gasteiger partial charge in [0.2, 0.25) is 0 Å². The number of hydrogen-bond donors (Lipinski definition) is 0. The van der Waals surface area contributed by atoms with Gasteiger partial charge in [-0.2, -0.15) is 0 Å². The predicted octanol–water partition coefficient (Wildman–Crippen LogP) is 23.4. The van der Waals surface area contributed by atoms with Crippen LogP contribution in [0.1, 0.15) is 342 Å². The van der Waals surface area contributed by atoms with Crippen LogP contribution >= 0.6 is 0 Å². The van der Waals surface area contributed by atoms with Crippen molar-refractivity contribution in [3.8, 4) is 0 Å². The average Bonchev–Trinajstić information content (AvgIpc) is 3.45. The van der Waals surface area contributed by atoms with E-state index in [1.54, 1.807) is 0 Å². The maximum absolute atomic E-state index is 12.9. The molecule has 79 heavy (non-hydrogen) atoms. The molecule has 456 valence electrons. The van der Waals surface area contributed by atoms with Crippen molar-refractivity contribution in [2.45, 2.75) is 348 Å². The number of carbonyl (C=O) groups excluding carboxylic acids is 3. The molecule has 0 aliphatic carbocycles. The monoisotopic (exact) mass is 1100 g/mol. The fourth-order valence-electron chi connectivity index (χ4n) is 9.80. The predicted molar refractivity (Wildman–Crippen MR) is 344 cm³/mol. The van der Waals surface area contributed by atoms with Crippen LogP contribution in [0.3, 0.4) is 0 Å². The van der Waals surface area contributed by atoms with Gasteiger partial charge in [0.05, 0.1) is 0 Å². The van der Waals surface area contributed by atoms with Crippen LogP contribution in [0, 0.1) is 0 Å². The fourth-order valence-corrected chi connectivity index (χ4v) is 9.80. The van der Waals surface area contributed by atoms with Crippen molar-refractivity contribution in [2.24, 2.45) is 0 Å². The molecule has 6 nitrogen and oxygen atoms in total. The van der Waals surface area contributed by atoms with E-state index in [1.807, 2.05) is 0 Å². The molecule has 0 aliphatic heterocycles. The molecule has 0 N–H and O–H groups in total. The molecule has 0 rings (SSSR count). The van der Waals surface area contributed by atoms with E-state index in [0.29, 0.717) is 19.3 Å². The highest BCUT2D eigenvalue weighted by atomic mass is 16.6. The third kappa shape index (κ3) is 65.3.